The summed E-state index contributed by atoms with van der Waals surface area (Å²) in [6, 6.07) is 1.75. The van der Waals surface area contributed by atoms with Gasteiger partial charge >= 0.3 is 0 Å². The van der Waals surface area contributed by atoms with Crippen molar-refractivity contribution in [1.29, 1.82) is 0 Å². The highest BCUT2D eigenvalue weighted by atomic mass is 32.2. The Bertz CT molecular complexity index is 650. The Labute approximate surface area is 136 Å². The van der Waals surface area contributed by atoms with Gasteiger partial charge < -0.3 is 9.64 Å². The van der Waals surface area contributed by atoms with Crippen LogP contribution < -0.4 is 4.90 Å². The lowest BCUT2D eigenvalue weighted by atomic mass is 10.0. The van der Waals surface area contributed by atoms with Gasteiger partial charge in [-0.1, -0.05) is 0 Å². The molecule has 8 heteroatoms. The number of morpholine rings is 1. The fourth-order valence-corrected chi connectivity index (χ4v) is 5.64. The molecule has 23 heavy (non-hydrogen) atoms. The summed E-state index contributed by atoms with van der Waals surface area (Å²) in [5, 5.41) is -0.155. The maximum atomic E-state index is 12.7. The second-order valence-corrected chi connectivity index (χ2v) is 8.61. The summed E-state index contributed by atoms with van der Waals surface area (Å²) < 4.78 is 33.0. The minimum Gasteiger partial charge on any atom is -0.375 e. The standard InChI is InChI=1S/C15H22N4O3S/c20-23(21,12-2-3-12)19-10-11-22-14-5-9-18(8-4-13(14)19)15-16-6-1-7-17-15/h1,6-7,12-14H,2-5,8-11H2. The largest absolute Gasteiger partial charge is 0.375 e. The quantitative estimate of drug-likeness (QED) is 0.805. The molecule has 0 amide bonds. The predicted octanol–water partition coefficient (Wildman–Crippen LogP) is 0.638. The highest BCUT2D eigenvalue weighted by Crippen LogP contribution is 2.35. The van der Waals surface area contributed by atoms with E-state index in [1.807, 2.05) is 0 Å². The molecule has 1 aromatic rings. The normalized spacial score (nSPS) is 29.8. The molecule has 0 aromatic carbocycles. The third-order valence-corrected chi connectivity index (χ3v) is 7.35. The molecular formula is C15H22N4O3S. The van der Waals surface area contributed by atoms with E-state index < -0.39 is 10.0 Å². The Hall–Kier alpha value is -1.25. The van der Waals surface area contributed by atoms with E-state index >= 15 is 0 Å². The van der Waals surface area contributed by atoms with Crippen molar-refractivity contribution in [3.05, 3.63) is 18.5 Å². The van der Waals surface area contributed by atoms with E-state index in [0.717, 1.165) is 38.8 Å². The van der Waals surface area contributed by atoms with Gasteiger partial charge in [-0.25, -0.2) is 18.4 Å². The Morgan fingerprint density at radius 1 is 1.04 bits per heavy atom. The number of ether oxygens (including phenoxy) is 1. The lowest BCUT2D eigenvalue weighted by molar-refractivity contribution is -0.0406. The maximum absolute atomic E-state index is 12.7. The van der Waals surface area contributed by atoms with Gasteiger partial charge in [0.05, 0.1) is 24.0 Å². The second-order valence-electron chi connectivity index (χ2n) is 6.44. The van der Waals surface area contributed by atoms with Crippen LogP contribution in [0.5, 0.6) is 0 Å². The number of fused-ring (bicyclic) bond motifs is 1. The molecule has 2 saturated heterocycles. The van der Waals surface area contributed by atoms with Gasteiger partial charge in [0.25, 0.3) is 0 Å². The Morgan fingerprint density at radius 3 is 2.52 bits per heavy atom. The number of sulfonamides is 1. The number of anilines is 1. The Morgan fingerprint density at radius 2 is 1.78 bits per heavy atom. The van der Waals surface area contributed by atoms with E-state index in [0.29, 0.717) is 19.1 Å². The van der Waals surface area contributed by atoms with Crippen LogP contribution in [0.2, 0.25) is 0 Å². The van der Waals surface area contributed by atoms with Crippen molar-refractivity contribution in [2.24, 2.45) is 0 Å². The van der Waals surface area contributed by atoms with Gasteiger partial charge in [0.15, 0.2) is 0 Å². The zero-order chi connectivity index (χ0) is 15.9. The van der Waals surface area contributed by atoms with E-state index in [1.54, 1.807) is 22.8 Å². The Kier molecular flexibility index (Phi) is 3.98. The van der Waals surface area contributed by atoms with E-state index in [4.69, 9.17) is 4.74 Å². The number of nitrogens with zero attached hydrogens (tertiary/aromatic N) is 4. The van der Waals surface area contributed by atoms with Crippen molar-refractivity contribution in [3.63, 3.8) is 0 Å². The molecule has 2 unspecified atom stereocenters. The third kappa shape index (κ3) is 2.95. The van der Waals surface area contributed by atoms with E-state index in [-0.39, 0.29) is 17.4 Å². The molecule has 2 aliphatic heterocycles. The summed E-state index contributed by atoms with van der Waals surface area (Å²) in [7, 11) is -3.15. The molecule has 7 nitrogen and oxygen atoms in total. The van der Waals surface area contributed by atoms with Crippen LogP contribution >= 0.6 is 0 Å². The highest BCUT2D eigenvalue weighted by molar-refractivity contribution is 7.90. The van der Waals surface area contributed by atoms with Crippen LogP contribution in [-0.2, 0) is 14.8 Å². The lowest BCUT2D eigenvalue weighted by Crippen LogP contribution is -2.54. The van der Waals surface area contributed by atoms with Gasteiger partial charge in [0, 0.05) is 32.0 Å². The van der Waals surface area contributed by atoms with Gasteiger partial charge in [0.1, 0.15) is 0 Å². The Balaban J connectivity index is 1.53. The zero-order valence-corrected chi connectivity index (χ0v) is 13.9. The van der Waals surface area contributed by atoms with Crippen molar-refractivity contribution >= 4 is 16.0 Å². The molecule has 1 aromatic heterocycles. The smallest absolute Gasteiger partial charge is 0.225 e. The number of hydrogen-bond acceptors (Lipinski definition) is 6. The van der Waals surface area contributed by atoms with Gasteiger partial charge in [-0.15, -0.1) is 0 Å². The van der Waals surface area contributed by atoms with Gasteiger partial charge in [-0.2, -0.15) is 4.31 Å². The average Bonchev–Trinajstić information content (AvgIpc) is 3.42. The predicted molar refractivity (Wildman–Crippen MR) is 85.7 cm³/mol. The first-order valence-electron chi connectivity index (χ1n) is 8.30. The number of hydrogen-bond donors (Lipinski definition) is 0. The molecule has 0 spiro atoms. The molecule has 1 saturated carbocycles. The second kappa shape index (κ2) is 5.99. The summed E-state index contributed by atoms with van der Waals surface area (Å²) in [6.45, 7) is 2.53. The average molecular weight is 338 g/mol. The molecule has 3 aliphatic rings. The summed E-state index contributed by atoms with van der Waals surface area (Å²) in [5.74, 6) is 0.711. The molecule has 3 heterocycles. The molecule has 0 radical (unpaired) electrons. The van der Waals surface area contributed by atoms with Crippen LogP contribution in [0.4, 0.5) is 5.95 Å². The van der Waals surface area contributed by atoms with Crippen molar-refractivity contribution in [2.75, 3.05) is 31.1 Å². The third-order valence-electron chi connectivity index (χ3n) is 4.93. The van der Waals surface area contributed by atoms with E-state index in [2.05, 4.69) is 14.9 Å². The SMILES string of the molecule is O=S(=O)(C1CC1)N1CCOC2CCN(c3ncccn3)CCC21. The lowest BCUT2D eigenvalue weighted by Gasteiger charge is -2.39. The van der Waals surface area contributed by atoms with Gasteiger partial charge in [0.2, 0.25) is 16.0 Å². The van der Waals surface area contributed by atoms with Crippen LogP contribution in [0.3, 0.4) is 0 Å². The van der Waals surface area contributed by atoms with Crippen molar-refractivity contribution in [1.82, 2.24) is 14.3 Å². The molecule has 126 valence electrons. The molecule has 2 atom stereocenters. The minimum atomic E-state index is -3.15. The molecular weight excluding hydrogens is 316 g/mol. The van der Waals surface area contributed by atoms with Crippen molar-refractivity contribution in [2.45, 2.75) is 43.1 Å². The number of rotatable bonds is 3. The fraction of sp³-hybridized carbons (Fsp3) is 0.733. The molecule has 4 rings (SSSR count). The van der Waals surface area contributed by atoms with E-state index in [1.165, 1.54) is 0 Å². The van der Waals surface area contributed by atoms with Crippen molar-refractivity contribution < 1.29 is 13.2 Å². The molecule has 1 aliphatic carbocycles. The highest BCUT2D eigenvalue weighted by Gasteiger charge is 2.46. The topological polar surface area (TPSA) is 75.6 Å². The summed E-state index contributed by atoms with van der Waals surface area (Å²) in [6.07, 6.45) is 6.63. The first-order valence-corrected chi connectivity index (χ1v) is 9.81. The summed E-state index contributed by atoms with van der Waals surface area (Å²) in [5.41, 5.74) is 0. The van der Waals surface area contributed by atoms with Gasteiger partial charge in [-0.3, -0.25) is 0 Å². The molecule has 0 bridgehead atoms. The zero-order valence-electron chi connectivity index (χ0n) is 13.0. The van der Waals surface area contributed by atoms with Crippen LogP contribution in [0, 0.1) is 0 Å². The molecule has 0 N–H and O–H groups in total. The molecule has 3 fully saturated rings. The number of aromatic nitrogens is 2. The van der Waals surface area contributed by atoms with Crippen LogP contribution in [0.1, 0.15) is 25.7 Å². The van der Waals surface area contributed by atoms with Crippen LogP contribution in [0.25, 0.3) is 0 Å². The minimum absolute atomic E-state index is 0.0222. The van der Waals surface area contributed by atoms with Crippen LogP contribution in [0.15, 0.2) is 18.5 Å². The first kappa shape index (κ1) is 15.3. The summed E-state index contributed by atoms with van der Waals surface area (Å²) >= 11 is 0. The van der Waals surface area contributed by atoms with Crippen molar-refractivity contribution in [3.8, 4) is 0 Å². The maximum Gasteiger partial charge on any atom is 0.225 e. The van der Waals surface area contributed by atoms with Gasteiger partial charge in [-0.05, 0) is 31.7 Å². The fourth-order valence-electron chi connectivity index (χ4n) is 3.57. The van der Waals surface area contributed by atoms with Crippen LogP contribution in [-0.4, -0.2) is 66.3 Å². The monoisotopic (exact) mass is 338 g/mol. The van der Waals surface area contributed by atoms with E-state index in [9.17, 15) is 8.42 Å². The first-order chi connectivity index (χ1) is 11.2. The summed E-state index contributed by atoms with van der Waals surface area (Å²) in [4.78, 5) is 10.7.